The van der Waals surface area contributed by atoms with Crippen molar-refractivity contribution in [3.05, 3.63) is 211 Å². The lowest BCUT2D eigenvalue weighted by Gasteiger charge is -2.61. The van der Waals surface area contributed by atoms with Gasteiger partial charge in [0.05, 0.1) is 33.7 Å². The Morgan fingerprint density at radius 1 is 0.431 bits per heavy atom. The topological polar surface area (TPSA) is 33.6 Å². The van der Waals surface area contributed by atoms with Crippen LogP contribution in [0.3, 0.4) is 0 Å². The summed E-state index contributed by atoms with van der Waals surface area (Å²) >= 11 is 1.86. The minimum absolute atomic E-state index is 0.134. The Morgan fingerprint density at radius 3 is 1.69 bits per heavy atom. The fourth-order valence-electron chi connectivity index (χ4n) is 15.3. The number of rotatable bonds is 5. The number of fused-ring (bicyclic) bond motifs is 11. The third-order valence-electron chi connectivity index (χ3n) is 18.2. The molecule has 12 aromatic rings. The average molecular weight is 940 g/mol. The van der Waals surface area contributed by atoms with Gasteiger partial charge in [0, 0.05) is 43.2 Å². The molecule has 0 N–H and O–H groups in total. The Balaban J connectivity index is 0.814. The second kappa shape index (κ2) is 15.1. The molecule has 4 fully saturated rings. The second-order valence-electron chi connectivity index (χ2n) is 21.6. The molecule has 342 valence electrons. The van der Waals surface area contributed by atoms with E-state index in [-0.39, 0.29) is 5.41 Å². The zero-order valence-corrected chi connectivity index (χ0v) is 40.9. The van der Waals surface area contributed by atoms with Crippen LogP contribution in [0, 0.1) is 35.0 Å². The van der Waals surface area contributed by atoms with E-state index in [0.29, 0.717) is 5.56 Å². The first-order valence-electron chi connectivity index (χ1n) is 25.9. The number of nitriles is 1. The van der Waals surface area contributed by atoms with Crippen molar-refractivity contribution in [1.29, 1.82) is 5.26 Å². The van der Waals surface area contributed by atoms with Gasteiger partial charge in [-0.25, -0.2) is 0 Å². The molecule has 2 heterocycles. The molecule has 0 unspecified atom stereocenters. The van der Waals surface area contributed by atoms with E-state index in [1.807, 2.05) is 17.8 Å². The van der Waals surface area contributed by atoms with Crippen LogP contribution in [0.5, 0.6) is 0 Å². The maximum absolute atomic E-state index is 10.2. The molecule has 4 bridgehead atoms. The van der Waals surface area contributed by atoms with E-state index in [2.05, 4.69) is 210 Å². The summed E-state index contributed by atoms with van der Waals surface area (Å²) in [4.78, 5) is 1.36. The van der Waals surface area contributed by atoms with E-state index >= 15 is 0 Å². The zero-order chi connectivity index (χ0) is 47.4. The van der Waals surface area contributed by atoms with Crippen LogP contribution in [-0.2, 0) is 5.41 Å². The SMILES string of the molecule is CSc1ccc2c(c1)-c1ccc(-c3ccc4cc(-n5c6cc(C#N)ccc6c6ccc(-c7ccc8c9ccccc9n(-c9ccc%10ccccc%10c9)c8c7)cc65)ccc4c3)cc1C21C2CC3CC(C2)CC1C3. The monoisotopic (exact) mass is 939 g/mol. The van der Waals surface area contributed by atoms with Crippen molar-refractivity contribution in [2.24, 2.45) is 23.7 Å². The predicted molar refractivity (Wildman–Crippen MR) is 301 cm³/mol. The Morgan fingerprint density at radius 2 is 0.972 bits per heavy atom. The largest absolute Gasteiger partial charge is 0.309 e. The summed E-state index contributed by atoms with van der Waals surface area (Å²) in [5.74, 6) is 3.30. The van der Waals surface area contributed by atoms with Crippen LogP contribution in [0.2, 0.25) is 0 Å². The van der Waals surface area contributed by atoms with Gasteiger partial charge in [-0.05, 0) is 207 Å². The van der Waals surface area contributed by atoms with Crippen LogP contribution in [0.25, 0.3) is 110 Å². The minimum atomic E-state index is 0.134. The Bertz CT molecular complexity index is 4340. The Kier molecular flexibility index (Phi) is 8.56. The smallest absolute Gasteiger partial charge is 0.0992 e. The van der Waals surface area contributed by atoms with E-state index in [1.54, 1.807) is 11.1 Å². The molecule has 0 saturated heterocycles. The van der Waals surface area contributed by atoms with Crippen molar-refractivity contribution in [2.45, 2.75) is 42.4 Å². The molecular formula is C68H49N3S. The maximum Gasteiger partial charge on any atom is 0.0992 e. The summed E-state index contributed by atoms with van der Waals surface area (Å²) in [5, 5.41) is 19.8. The zero-order valence-electron chi connectivity index (χ0n) is 40.1. The number of para-hydroxylation sites is 1. The van der Waals surface area contributed by atoms with Gasteiger partial charge in [-0.1, -0.05) is 115 Å². The highest BCUT2D eigenvalue weighted by molar-refractivity contribution is 7.98. The van der Waals surface area contributed by atoms with Gasteiger partial charge >= 0.3 is 0 Å². The van der Waals surface area contributed by atoms with Gasteiger partial charge in [-0.3, -0.25) is 0 Å². The molecular weight excluding hydrogens is 891 g/mol. The van der Waals surface area contributed by atoms with Crippen LogP contribution in [0.1, 0.15) is 48.8 Å². The maximum atomic E-state index is 10.2. The number of hydrogen-bond acceptors (Lipinski definition) is 2. The number of benzene rings is 10. The van der Waals surface area contributed by atoms with Crippen molar-refractivity contribution in [1.82, 2.24) is 9.13 Å². The molecule has 17 rings (SSSR count). The fourth-order valence-corrected chi connectivity index (χ4v) is 15.8. The van der Waals surface area contributed by atoms with Crippen molar-refractivity contribution >= 4 is 76.9 Å². The average Bonchev–Trinajstić information content (AvgIpc) is 4.04. The van der Waals surface area contributed by atoms with Gasteiger partial charge in [0.25, 0.3) is 0 Å². The summed E-state index contributed by atoms with van der Waals surface area (Å²) in [6.07, 6.45) is 9.22. The molecule has 5 aliphatic carbocycles. The van der Waals surface area contributed by atoms with Gasteiger partial charge in [0.2, 0.25) is 0 Å². The number of hydrogen-bond donors (Lipinski definition) is 0. The quantitative estimate of drug-likeness (QED) is 0.161. The van der Waals surface area contributed by atoms with Crippen molar-refractivity contribution in [3.8, 4) is 50.8 Å². The van der Waals surface area contributed by atoms with Crippen LogP contribution in [0.4, 0.5) is 0 Å². The number of thioether (sulfide) groups is 1. The van der Waals surface area contributed by atoms with E-state index in [9.17, 15) is 5.26 Å². The second-order valence-corrected chi connectivity index (χ2v) is 22.5. The van der Waals surface area contributed by atoms with Gasteiger partial charge < -0.3 is 9.13 Å². The van der Waals surface area contributed by atoms with Gasteiger partial charge in [-0.15, -0.1) is 11.8 Å². The van der Waals surface area contributed by atoms with Crippen LogP contribution in [0.15, 0.2) is 199 Å². The molecule has 0 amide bonds. The first-order valence-corrected chi connectivity index (χ1v) is 27.1. The lowest BCUT2D eigenvalue weighted by molar-refractivity contribution is -0.0399. The molecule has 1 spiro atoms. The van der Waals surface area contributed by atoms with Gasteiger partial charge in [-0.2, -0.15) is 5.26 Å². The number of aromatic nitrogens is 2. The molecule has 0 aliphatic heterocycles. The summed E-state index contributed by atoms with van der Waals surface area (Å²) in [6, 6.07) is 75.4. The lowest BCUT2D eigenvalue weighted by atomic mass is 9.43. The van der Waals surface area contributed by atoms with Crippen molar-refractivity contribution in [2.75, 3.05) is 6.26 Å². The lowest BCUT2D eigenvalue weighted by Crippen LogP contribution is -2.55. The fraction of sp³-hybridized carbons (Fsp3) is 0.162. The molecule has 3 nitrogen and oxygen atoms in total. The first-order chi connectivity index (χ1) is 35.5. The predicted octanol–water partition coefficient (Wildman–Crippen LogP) is 17.8. The summed E-state index contributed by atoms with van der Waals surface area (Å²) in [5.41, 5.74) is 18.6. The van der Waals surface area contributed by atoms with Crippen LogP contribution >= 0.6 is 11.8 Å². The third-order valence-corrected chi connectivity index (χ3v) is 18.9. The van der Waals surface area contributed by atoms with Gasteiger partial charge in [0.15, 0.2) is 0 Å². The van der Waals surface area contributed by atoms with Gasteiger partial charge in [0.1, 0.15) is 0 Å². The molecule has 0 radical (unpaired) electrons. The third kappa shape index (κ3) is 5.69. The highest BCUT2D eigenvalue weighted by Gasteiger charge is 2.61. The van der Waals surface area contributed by atoms with E-state index in [4.69, 9.17) is 0 Å². The van der Waals surface area contributed by atoms with Crippen molar-refractivity contribution < 1.29 is 0 Å². The van der Waals surface area contributed by atoms with E-state index in [1.165, 1.54) is 108 Å². The standard InChI is InChI=1S/C68H49N3S/c1-72-55-20-25-62-61(38-55)56-22-15-48(35-63(56)68(62)51-27-41-26-42(29-51)30-52(68)28-41)45-11-12-47-34-54(19-14-46(47)32-45)71-65-31-40(39-69)10-21-58(65)60-24-17-50(37-67(60)71)49-16-23-59-57-8-4-5-9-64(57)70(66(59)36-49)53-18-13-43-6-2-3-7-44(43)33-53/h2-25,31-38,41-42,51-52H,26-30H2,1H3. The first kappa shape index (κ1) is 40.8. The van der Waals surface area contributed by atoms with Crippen molar-refractivity contribution in [3.63, 3.8) is 0 Å². The van der Waals surface area contributed by atoms with Crippen LogP contribution < -0.4 is 0 Å². The van der Waals surface area contributed by atoms with Crippen LogP contribution in [-0.4, -0.2) is 15.4 Å². The molecule has 4 heteroatoms. The number of nitrogens with zero attached hydrogens (tertiary/aromatic N) is 3. The molecule has 10 aromatic carbocycles. The highest BCUT2D eigenvalue weighted by atomic mass is 32.2. The van der Waals surface area contributed by atoms with E-state index in [0.717, 1.165) is 62.6 Å². The summed E-state index contributed by atoms with van der Waals surface area (Å²) in [7, 11) is 0. The Labute approximate surface area is 423 Å². The molecule has 72 heavy (non-hydrogen) atoms. The normalized spacial score (nSPS) is 20.7. The molecule has 0 atom stereocenters. The molecule has 4 saturated carbocycles. The molecule has 5 aliphatic rings. The van der Waals surface area contributed by atoms with E-state index < -0.39 is 0 Å². The Hall–Kier alpha value is -7.84. The summed E-state index contributed by atoms with van der Waals surface area (Å²) < 4.78 is 4.79. The molecule has 2 aromatic heterocycles. The highest BCUT2D eigenvalue weighted by Crippen LogP contribution is 2.69. The summed E-state index contributed by atoms with van der Waals surface area (Å²) in [6.45, 7) is 0. The minimum Gasteiger partial charge on any atom is -0.309 e.